The van der Waals surface area contributed by atoms with Gasteiger partial charge in [-0.2, -0.15) is 0 Å². The zero-order chi connectivity index (χ0) is 14.8. The third kappa shape index (κ3) is 2.98. The van der Waals surface area contributed by atoms with Crippen LogP contribution >= 0.6 is 11.6 Å². The molecule has 0 N–H and O–H groups in total. The predicted molar refractivity (Wildman–Crippen MR) is 84.8 cm³/mol. The molecule has 0 bridgehead atoms. The summed E-state index contributed by atoms with van der Waals surface area (Å²) in [6.45, 7) is 4.28. The van der Waals surface area contributed by atoms with Crippen LogP contribution in [-0.2, 0) is 6.61 Å². The van der Waals surface area contributed by atoms with Gasteiger partial charge in [-0.25, -0.2) is 9.97 Å². The fourth-order valence-electron chi connectivity index (χ4n) is 2.22. The summed E-state index contributed by atoms with van der Waals surface area (Å²) in [4.78, 5) is 9.01. The first-order valence-corrected chi connectivity index (χ1v) is 7.12. The average Bonchev–Trinajstić information content (AvgIpc) is 2.48. The second kappa shape index (κ2) is 5.70. The van der Waals surface area contributed by atoms with E-state index in [1.165, 1.54) is 0 Å². The van der Waals surface area contributed by atoms with Crippen LogP contribution in [0.1, 0.15) is 17.1 Å². The molecule has 1 heterocycles. The van der Waals surface area contributed by atoms with E-state index in [1.807, 2.05) is 56.3 Å². The first-order chi connectivity index (χ1) is 10.1. The standard InChI is InChI=1S/C17H15ClN2O/c1-11-7-8-14(18)16(9-11)21-10-17-19-12(2)13-5-3-4-6-15(13)20-17/h3-9H,10H2,1-2H3. The molecule has 2 aromatic carbocycles. The van der Waals surface area contributed by atoms with Crippen LogP contribution < -0.4 is 4.74 Å². The minimum atomic E-state index is 0.300. The van der Waals surface area contributed by atoms with E-state index < -0.39 is 0 Å². The normalized spacial score (nSPS) is 10.8. The topological polar surface area (TPSA) is 35.0 Å². The highest BCUT2D eigenvalue weighted by atomic mass is 35.5. The van der Waals surface area contributed by atoms with Crippen LogP contribution in [0.25, 0.3) is 10.9 Å². The van der Waals surface area contributed by atoms with Gasteiger partial charge in [0.05, 0.1) is 10.5 Å². The Morgan fingerprint density at radius 2 is 1.86 bits per heavy atom. The number of ether oxygens (including phenoxy) is 1. The first kappa shape index (κ1) is 13.8. The smallest absolute Gasteiger partial charge is 0.166 e. The Labute approximate surface area is 128 Å². The Bertz CT molecular complexity index is 802. The Hall–Kier alpha value is -2.13. The number of benzene rings is 2. The van der Waals surface area contributed by atoms with Gasteiger partial charge in [0, 0.05) is 11.1 Å². The molecule has 3 nitrogen and oxygen atoms in total. The highest BCUT2D eigenvalue weighted by Crippen LogP contribution is 2.26. The maximum absolute atomic E-state index is 6.12. The molecule has 0 aliphatic heterocycles. The molecule has 0 spiro atoms. The van der Waals surface area contributed by atoms with E-state index in [4.69, 9.17) is 16.3 Å². The molecule has 0 atom stereocenters. The third-order valence-electron chi connectivity index (χ3n) is 3.28. The molecule has 0 saturated carbocycles. The van der Waals surface area contributed by atoms with Crippen molar-refractivity contribution in [1.82, 2.24) is 9.97 Å². The van der Waals surface area contributed by atoms with Gasteiger partial charge in [0.2, 0.25) is 0 Å². The van der Waals surface area contributed by atoms with Crippen molar-refractivity contribution in [2.75, 3.05) is 0 Å². The number of hydrogen-bond donors (Lipinski definition) is 0. The van der Waals surface area contributed by atoms with Crippen molar-refractivity contribution in [3.63, 3.8) is 0 Å². The molecule has 0 fully saturated rings. The number of fused-ring (bicyclic) bond motifs is 1. The number of halogens is 1. The van der Waals surface area contributed by atoms with Crippen molar-refractivity contribution in [1.29, 1.82) is 0 Å². The van der Waals surface area contributed by atoms with Crippen molar-refractivity contribution >= 4 is 22.5 Å². The van der Waals surface area contributed by atoms with E-state index >= 15 is 0 Å². The Morgan fingerprint density at radius 3 is 2.71 bits per heavy atom. The zero-order valence-corrected chi connectivity index (χ0v) is 12.7. The molecule has 0 aliphatic rings. The van der Waals surface area contributed by atoms with Gasteiger partial charge in [-0.15, -0.1) is 0 Å². The van der Waals surface area contributed by atoms with E-state index in [-0.39, 0.29) is 0 Å². The number of aromatic nitrogens is 2. The monoisotopic (exact) mass is 298 g/mol. The number of rotatable bonds is 3. The maximum atomic E-state index is 6.12. The van der Waals surface area contributed by atoms with Crippen molar-refractivity contribution in [2.45, 2.75) is 20.5 Å². The minimum absolute atomic E-state index is 0.300. The lowest BCUT2D eigenvalue weighted by molar-refractivity contribution is 0.296. The van der Waals surface area contributed by atoms with Crippen molar-refractivity contribution in [2.24, 2.45) is 0 Å². The summed E-state index contributed by atoms with van der Waals surface area (Å²) in [6.07, 6.45) is 0. The van der Waals surface area contributed by atoms with Crippen LogP contribution in [0.5, 0.6) is 5.75 Å². The summed E-state index contributed by atoms with van der Waals surface area (Å²) >= 11 is 6.12. The molecule has 0 saturated heterocycles. The van der Waals surface area contributed by atoms with Crippen LogP contribution in [0.3, 0.4) is 0 Å². The van der Waals surface area contributed by atoms with Gasteiger partial charge in [0.1, 0.15) is 12.4 Å². The second-order valence-electron chi connectivity index (χ2n) is 4.96. The van der Waals surface area contributed by atoms with Gasteiger partial charge in [-0.05, 0) is 37.6 Å². The van der Waals surface area contributed by atoms with Gasteiger partial charge in [0.15, 0.2) is 5.82 Å². The summed E-state index contributed by atoms with van der Waals surface area (Å²) < 4.78 is 5.75. The molecule has 3 aromatic rings. The predicted octanol–water partition coefficient (Wildman–Crippen LogP) is 4.48. The molecule has 0 unspecified atom stereocenters. The van der Waals surface area contributed by atoms with E-state index in [9.17, 15) is 0 Å². The lowest BCUT2D eigenvalue weighted by atomic mass is 10.2. The van der Waals surface area contributed by atoms with Gasteiger partial charge >= 0.3 is 0 Å². The molecule has 4 heteroatoms. The molecule has 1 aromatic heterocycles. The fourth-order valence-corrected chi connectivity index (χ4v) is 2.40. The van der Waals surface area contributed by atoms with Crippen LogP contribution in [-0.4, -0.2) is 9.97 Å². The van der Waals surface area contributed by atoms with E-state index in [2.05, 4.69) is 9.97 Å². The summed E-state index contributed by atoms with van der Waals surface area (Å²) in [5.74, 6) is 1.31. The highest BCUT2D eigenvalue weighted by molar-refractivity contribution is 6.32. The Morgan fingerprint density at radius 1 is 1.05 bits per heavy atom. The van der Waals surface area contributed by atoms with Crippen molar-refractivity contribution in [3.05, 3.63) is 64.6 Å². The maximum Gasteiger partial charge on any atom is 0.166 e. The Kier molecular flexibility index (Phi) is 3.76. The van der Waals surface area contributed by atoms with Crippen LogP contribution in [0.4, 0.5) is 0 Å². The summed E-state index contributed by atoms with van der Waals surface area (Å²) in [5.41, 5.74) is 2.98. The lowest BCUT2D eigenvalue weighted by Gasteiger charge is -2.09. The summed E-state index contributed by atoms with van der Waals surface area (Å²) in [7, 11) is 0. The van der Waals surface area contributed by atoms with Crippen LogP contribution in [0.15, 0.2) is 42.5 Å². The van der Waals surface area contributed by atoms with Crippen molar-refractivity contribution < 1.29 is 4.74 Å². The van der Waals surface area contributed by atoms with Crippen molar-refractivity contribution in [3.8, 4) is 5.75 Å². The molecule has 0 radical (unpaired) electrons. The number of para-hydroxylation sites is 1. The molecular weight excluding hydrogens is 284 g/mol. The molecule has 21 heavy (non-hydrogen) atoms. The average molecular weight is 299 g/mol. The SMILES string of the molecule is Cc1ccc(Cl)c(OCc2nc(C)c3ccccc3n2)c1. The summed E-state index contributed by atoms with van der Waals surface area (Å²) in [6, 6.07) is 13.7. The molecule has 0 aliphatic carbocycles. The molecule has 3 rings (SSSR count). The largest absolute Gasteiger partial charge is 0.484 e. The highest BCUT2D eigenvalue weighted by Gasteiger charge is 2.07. The minimum Gasteiger partial charge on any atom is -0.484 e. The Balaban J connectivity index is 1.87. The van der Waals surface area contributed by atoms with E-state index in [0.717, 1.165) is 22.2 Å². The molecule has 0 amide bonds. The molecule has 106 valence electrons. The summed E-state index contributed by atoms with van der Waals surface area (Å²) in [5, 5.41) is 1.66. The van der Waals surface area contributed by atoms with Crippen LogP contribution in [0, 0.1) is 13.8 Å². The third-order valence-corrected chi connectivity index (χ3v) is 3.60. The second-order valence-corrected chi connectivity index (χ2v) is 5.37. The van der Waals surface area contributed by atoms with E-state index in [1.54, 1.807) is 0 Å². The quantitative estimate of drug-likeness (QED) is 0.715. The fraction of sp³-hybridized carbons (Fsp3) is 0.176. The number of aryl methyl sites for hydroxylation is 2. The van der Waals surface area contributed by atoms with Gasteiger partial charge < -0.3 is 4.74 Å². The number of nitrogens with zero attached hydrogens (tertiary/aromatic N) is 2. The molecular formula is C17H15ClN2O. The number of hydrogen-bond acceptors (Lipinski definition) is 3. The van der Waals surface area contributed by atoms with Gasteiger partial charge in [0.25, 0.3) is 0 Å². The van der Waals surface area contributed by atoms with Crippen LogP contribution in [0.2, 0.25) is 5.02 Å². The first-order valence-electron chi connectivity index (χ1n) is 6.75. The van der Waals surface area contributed by atoms with E-state index in [0.29, 0.717) is 23.2 Å². The van der Waals surface area contributed by atoms with Gasteiger partial charge in [-0.1, -0.05) is 35.9 Å². The lowest BCUT2D eigenvalue weighted by Crippen LogP contribution is -2.04. The van der Waals surface area contributed by atoms with Gasteiger partial charge in [-0.3, -0.25) is 0 Å². The zero-order valence-electron chi connectivity index (χ0n) is 11.9.